The number of thioether (sulfide) groups is 1. The molecule has 1 fully saturated rings. The maximum Gasteiger partial charge on any atom is 0.234 e. The number of carbonyl (C=O) groups excluding carboxylic acids is 1. The molecule has 4 nitrogen and oxygen atoms in total. The van der Waals surface area contributed by atoms with E-state index in [1.54, 1.807) is 11.8 Å². The van der Waals surface area contributed by atoms with Crippen LogP contribution in [0, 0.1) is 0 Å². The Kier molecular flexibility index (Phi) is 7.77. The van der Waals surface area contributed by atoms with Gasteiger partial charge in [0.1, 0.15) is 0 Å². The molecule has 0 bridgehead atoms. The van der Waals surface area contributed by atoms with Crippen LogP contribution in [0.1, 0.15) is 31.7 Å². The number of amides is 1. The first-order valence-electron chi connectivity index (χ1n) is 8.07. The van der Waals surface area contributed by atoms with E-state index in [9.17, 15) is 4.79 Å². The molecule has 2 N–H and O–H groups in total. The molecule has 0 radical (unpaired) electrons. The summed E-state index contributed by atoms with van der Waals surface area (Å²) in [5.41, 5.74) is 2.03. The summed E-state index contributed by atoms with van der Waals surface area (Å²) in [5.74, 6) is 1.45. The monoisotopic (exact) mass is 322 g/mol. The van der Waals surface area contributed by atoms with Crippen LogP contribution in [0.15, 0.2) is 24.3 Å². The van der Waals surface area contributed by atoms with Gasteiger partial charge >= 0.3 is 0 Å². The topological polar surface area (TPSA) is 50.4 Å². The summed E-state index contributed by atoms with van der Waals surface area (Å²) in [6.07, 6.45) is 3.87. The summed E-state index contributed by atoms with van der Waals surface area (Å²) in [6.45, 7) is 4.63. The highest BCUT2D eigenvalue weighted by Crippen LogP contribution is 2.18. The zero-order valence-electron chi connectivity index (χ0n) is 13.3. The lowest BCUT2D eigenvalue weighted by atomic mass is 10.1. The van der Waals surface area contributed by atoms with Crippen LogP contribution in [-0.4, -0.2) is 36.7 Å². The second kappa shape index (κ2) is 9.87. The highest BCUT2D eigenvalue weighted by atomic mass is 32.2. The lowest BCUT2D eigenvalue weighted by Gasteiger charge is -2.22. The molecule has 0 saturated carbocycles. The smallest absolute Gasteiger partial charge is 0.234 e. The van der Waals surface area contributed by atoms with Crippen LogP contribution in [0.4, 0.5) is 5.69 Å². The number of ether oxygens (including phenoxy) is 1. The minimum Gasteiger partial charge on any atom is -0.377 e. The molecule has 0 spiro atoms. The molecule has 1 unspecified atom stereocenters. The van der Waals surface area contributed by atoms with Crippen LogP contribution < -0.4 is 10.6 Å². The highest BCUT2D eigenvalue weighted by molar-refractivity contribution is 8.00. The normalized spacial score (nSPS) is 18.1. The lowest BCUT2D eigenvalue weighted by Crippen LogP contribution is -2.23. The van der Waals surface area contributed by atoms with Crippen LogP contribution in [0.2, 0.25) is 0 Å². The Morgan fingerprint density at radius 2 is 2.23 bits per heavy atom. The Labute approximate surface area is 137 Å². The lowest BCUT2D eigenvalue weighted by molar-refractivity contribution is -0.113. The van der Waals surface area contributed by atoms with Crippen molar-refractivity contribution in [2.45, 2.75) is 38.8 Å². The molecule has 1 aromatic carbocycles. The molecule has 0 aromatic heterocycles. The Hall–Kier alpha value is -1.04. The maximum atomic E-state index is 12.1. The molecule has 1 aliphatic rings. The number of nitrogens with one attached hydrogen (secondary N) is 2. The molecule has 1 atom stereocenters. The number of para-hydroxylation sites is 1. The van der Waals surface area contributed by atoms with Gasteiger partial charge in [-0.25, -0.2) is 0 Å². The largest absolute Gasteiger partial charge is 0.377 e. The fourth-order valence-electron chi connectivity index (χ4n) is 2.46. The third-order valence-electron chi connectivity index (χ3n) is 3.67. The Bertz CT molecular complexity index is 462. The van der Waals surface area contributed by atoms with Gasteiger partial charge in [0, 0.05) is 24.6 Å². The maximum absolute atomic E-state index is 12.1. The number of rotatable bonds is 8. The van der Waals surface area contributed by atoms with E-state index in [2.05, 4.69) is 17.6 Å². The van der Waals surface area contributed by atoms with Gasteiger partial charge in [0.05, 0.1) is 11.9 Å². The molecule has 1 saturated heterocycles. The van der Waals surface area contributed by atoms with Crippen LogP contribution >= 0.6 is 11.8 Å². The summed E-state index contributed by atoms with van der Waals surface area (Å²) in [6, 6.07) is 7.95. The molecule has 1 aliphatic heterocycles. The molecule has 2 rings (SSSR count). The van der Waals surface area contributed by atoms with E-state index in [0.29, 0.717) is 11.9 Å². The van der Waals surface area contributed by atoms with Crippen molar-refractivity contribution >= 4 is 23.4 Å². The van der Waals surface area contributed by atoms with Gasteiger partial charge < -0.3 is 15.4 Å². The SMILES string of the molecule is CCNCc1ccccc1NC(=O)CSCC1CCCCO1. The molecular formula is C17H26N2O2S. The van der Waals surface area contributed by atoms with Gasteiger partial charge in [-0.3, -0.25) is 4.79 Å². The number of anilines is 1. The van der Waals surface area contributed by atoms with E-state index >= 15 is 0 Å². The third kappa shape index (κ3) is 5.99. The van der Waals surface area contributed by atoms with Crippen LogP contribution in [0.5, 0.6) is 0 Å². The van der Waals surface area contributed by atoms with Crippen molar-refractivity contribution in [3.05, 3.63) is 29.8 Å². The minimum absolute atomic E-state index is 0.0600. The minimum atomic E-state index is 0.0600. The van der Waals surface area contributed by atoms with Gasteiger partial charge in [-0.05, 0) is 37.4 Å². The van der Waals surface area contributed by atoms with Crippen LogP contribution in [0.3, 0.4) is 0 Å². The summed E-state index contributed by atoms with van der Waals surface area (Å²) in [7, 11) is 0. The molecule has 22 heavy (non-hydrogen) atoms. The predicted octanol–water partition coefficient (Wildman–Crippen LogP) is 3.04. The van der Waals surface area contributed by atoms with E-state index in [4.69, 9.17) is 4.74 Å². The Morgan fingerprint density at radius 1 is 1.36 bits per heavy atom. The molecule has 1 heterocycles. The van der Waals surface area contributed by atoms with Gasteiger partial charge in [0.25, 0.3) is 0 Å². The first-order valence-corrected chi connectivity index (χ1v) is 9.23. The van der Waals surface area contributed by atoms with Crippen molar-refractivity contribution in [1.82, 2.24) is 5.32 Å². The third-order valence-corrected chi connectivity index (χ3v) is 4.74. The van der Waals surface area contributed by atoms with Gasteiger partial charge in [-0.1, -0.05) is 25.1 Å². The average molecular weight is 322 g/mol. The van der Waals surface area contributed by atoms with Crippen molar-refractivity contribution < 1.29 is 9.53 Å². The van der Waals surface area contributed by atoms with Crippen molar-refractivity contribution in [1.29, 1.82) is 0 Å². The van der Waals surface area contributed by atoms with E-state index in [-0.39, 0.29) is 5.91 Å². The fourth-order valence-corrected chi connectivity index (χ4v) is 3.37. The van der Waals surface area contributed by atoms with Crippen molar-refractivity contribution in [2.75, 3.05) is 30.0 Å². The van der Waals surface area contributed by atoms with Crippen LogP contribution in [-0.2, 0) is 16.1 Å². The van der Waals surface area contributed by atoms with E-state index in [1.165, 1.54) is 12.8 Å². The molecule has 122 valence electrons. The Balaban J connectivity index is 1.74. The molecule has 1 aromatic rings. The zero-order chi connectivity index (χ0) is 15.6. The molecule has 1 amide bonds. The summed E-state index contributed by atoms with van der Waals surface area (Å²) in [4.78, 5) is 12.1. The van der Waals surface area contributed by atoms with Gasteiger partial charge in [-0.2, -0.15) is 0 Å². The highest BCUT2D eigenvalue weighted by Gasteiger charge is 2.14. The zero-order valence-corrected chi connectivity index (χ0v) is 14.1. The van der Waals surface area contributed by atoms with Crippen molar-refractivity contribution in [2.24, 2.45) is 0 Å². The number of benzene rings is 1. The van der Waals surface area contributed by atoms with Gasteiger partial charge in [0.15, 0.2) is 0 Å². The Morgan fingerprint density at radius 3 is 3.00 bits per heavy atom. The number of hydrogen-bond acceptors (Lipinski definition) is 4. The summed E-state index contributed by atoms with van der Waals surface area (Å²) < 4.78 is 5.68. The molecule has 5 heteroatoms. The fraction of sp³-hybridized carbons (Fsp3) is 0.588. The van der Waals surface area contributed by atoms with E-state index in [1.807, 2.05) is 24.3 Å². The first-order chi connectivity index (χ1) is 10.8. The van der Waals surface area contributed by atoms with Gasteiger partial charge in [-0.15, -0.1) is 11.8 Å². The average Bonchev–Trinajstić information content (AvgIpc) is 2.55. The van der Waals surface area contributed by atoms with E-state index in [0.717, 1.165) is 43.1 Å². The molecular weight excluding hydrogens is 296 g/mol. The quantitative estimate of drug-likeness (QED) is 0.772. The van der Waals surface area contributed by atoms with Gasteiger partial charge in [0.2, 0.25) is 5.91 Å². The first kappa shape index (κ1) is 17.3. The summed E-state index contributed by atoms with van der Waals surface area (Å²) in [5, 5.41) is 6.31. The summed E-state index contributed by atoms with van der Waals surface area (Å²) >= 11 is 1.66. The number of carbonyl (C=O) groups is 1. The van der Waals surface area contributed by atoms with E-state index < -0.39 is 0 Å². The second-order valence-corrected chi connectivity index (χ2v) is 6.52. The van der Waals surface area contributed by atoms with Crippen LogP contribution in [0.25, 0.3) is 0 Å². The predicted molar refractivity (Wildman–Crippen MR) is 93.4 cm³/mol. The molecule has 0 aliphatic carbocycles. The number of hydrogen-bond donors (Lipinski definition) is 2. The second-order valence-electron chi connectivity index (χ2n) is 5.49. The van der Waals surface area contributed by atoms with Crippen molar-refractivity contribution in [3.8, 4) is 0 Å². The standard InChI is InChI=1S/C17H26N2O2S/c1-2-18-11-14-7-3-4-9-16(14)19-17(20)13-22-12-15-8-5-6-10-21-15/h3-4,7,9,15,18H,2,5-6,8,10-13H2,1H3,(H,19,20). The van der Waals surface area contributed by atoms with Crippen molar-refractivity contribution in [3.63, 3.8) is 0 Å².